The molecule has 0 unspecified atom stereocenters. The molecule has 0 fully saturated rings. The van der Waals surface area contributed by atoms with Crippen LogP contribution in [0.5, 0.6) is 0 Å². The minimum Gasteiger partial charge on any atom is -0.423 e. The molecule has 0 aliphatic carbocycles. The summed E-state index contributed by atoms with van der Waals surface area (Å²) in [6.07, 6.45) is 1.07. The molecule has 0 aliphatic heterocycles. The molecule has 0 spiro atoms. The molecule has 19 heavy (non-hydrogen) atoms. The van der Waals surface area contributed by atoms with Crippen molar-refractivity contribution in [3.8, 4) is 0 Å². The molecule has 0 atom stereocenters. The van der Waals surface area contributed by atoms with E-state index in [4.69, 9.17) is 0 Å². The normalized spacial score (nSPS) is 11.3. The highest BCUT2D eigenvalue weighted by Gasteiger charge is 2.15. The first kappa shape index (κ1) is 12.3. The Morgan fingerprint density at radius 1 is 1.00 bits per heavy atom. The van der Waals surface area contributed by atoms with E-state index < -0.39 is 7.12 Å². The van der Waals surface area contributed by atoms with Crippen LogP contribution in [0.4, 0.5) is 0 Å². The second kappa shape index (κ2) is 4.72. The highest BCUT2D eigenvalue weighted by molar-refractivity contribution is 6.59. The Morgan fingerprint density at radius 3 is 2.47 bits per heavy atom. The molecular weight excluding hydrogens is 237 g/mol. The quantitative estimate of drug-likeness (QED) is 0.700. The Balaban J connectivity index is 2.38. The fraction of sp³-hybridized carbons (Fsp3) is 0.200. The smallest absolute Gasteiger partial charge is 0.423 e. The van der Waals surface area contributed by atoms with Gasteiger partial charge >= 0.3 is 7.12 Å². The van der Waals surface area contributed by atoms with Crippen LogP contribution in [0.3, 0.4) is 0 Å². The van der Waals surface area contributed by atoms with Crippen molar-refractivity contribution >= 4 is 34.4 Å². The van der Waals surface area contributed by atoms with E-state index in [0.717, 1.165) is 29.3 Å². The van der Waals surface area contributed by atoms with Crippen molar-refractivity contribution in [2.45, 2.75) is 19.9 Å². The van der Waals surface area contributed by atoms with E-state index in [9.17, 15) is 10.0 Å². The number of nitrogens with zero attached hydrogens (tertiary/aromatic N) is 1. The summed E-state index contributed by atoms with van der Waals surface area (Å²) in [5.74, 6) is 0. The Bertz CT molecular complexity index is 733. The van der Waals surface area contributed by atoms with Crippen molar-refractivity contribution < 1.29 is 10.0 Å². The molecule has 0 radical (unpaired) electrons. The van der Waals surface area contributed by atoms with E-state index in [1.54, 1.807) is 6.07 Å². The van der Waals surface area contributed by atoms with E-state index in [1.807, 2.05) is 24.3 Å². The molecule has 0 amide bonds. The molecule has 0 bridgehead atoms. The summed E-state index contributed by atoms with van der Waals surface area (Å²) in [7, 11) is -1.42. The van der Waals surface area contributed by atoms with Crippen molar-refractivity contribution in [3.05, 3.63) is 42.5 Å². The number of fused-ring (bicyclic) bond motifs is 3. The molecule has 96 valence electrons. The van der Waals surface area contributed by atoms with Crippen LogP contribution in [0.2, 0.25) is 0 Å². The number of hydrogen-bond acceptors (Lipinski definition) is 2. The third-order valence-corrected chi connectivity index (χ3v) is 3.54. The maximum Gasteiger partial charge on any atom is 0.488 e. The lowest BCUT2D eigenvalue weighted by atomic mass is 9.80. The monoisotopic (exact) mass is 253 g/mol. The lowest BCUT2D eigenvalue weighted by molar-refractivity contribution is 0.426. The maximum absolute atomic E-state index is 9.31. The number of hydrogen-bond donors (Lipinski definition) is 2. The number of para-hydroxylation sites is 1. The average Bonchev–Trinajstić information content (AvgIpc) is 2.74. The topological polar surface area (TPSA) is 45.4 Å². The Labute approximate surface area is 112 Å². The third-order valence-electron chi connectivity index (χ3n) is 3.54. The van der Waals surface area contributed by atoms with Gasteiger partial charge in [0.05, 0.1) is 0 Å². The van der Waals surface area contributed by atoms with Gasteiger partial charge in [-0.1, -0.05) is 37.3 Å². The number of aryl methyl sites for hydroxylation is 1. The largest absolute Gasteiger partial charge is 0.488 e. The molecule has 2 aromatic carbocycles. The zero-order valence-corrected chi connectivity index (χ0v) is 10.9. The highest BCUT2D eigenvalue weighted by atomic mass is 16.4. The Hall–Kier alpha value is -1.78. The summed E-state index contributed by atoms with van der Waals surface area (Å²) in [6.45, 7) is 3.12. The zero-order chi connectivity index (χ0) is 13.4. The van der Waals surface area contributed by atoms with Crippen molar-refractivity contribution in [2.24, 2.45) is 0 Å². The first-order chi connectivity index (χ1) is 9.22. The minimum atomic E-state index is -1.42. The van der Waals surface area contributed by atoms with E-state index in [2.05, 4.69) is 23.6 Å². The fourth-order valence-corrected chi connectivity index (χ4v) is 2.70. The minimum absolute atomic E-state index is 0.534. The highest BCUT2D eigenvalue weighted by Crippen LogP contribution is 2.28. The van der Waals surface area contributed by atoms with Crippen LogP contribution in [0.25, 0.3) is 21.8 Å². The molecule has 3 nitrogen and oxygen atoms in total. The first-order valence-electron chi connectivity index (χ1n) is 6.59. The van der Waals surface area contributed by atoms with Crippen molar-refractivity contribution in [1.29, 1.82) is 0 Å². The molecule has 2 N–H and O–H groups in total. The standard InChI is InChI=1S/C15H16BNO2/c1-2-9-17-14-6-4-3-5-12(14)13-10-11(16(18)19)7-8-15(13)17/h3-8,10,18-19H,2,9H2,1H3. The predicted octanol–water partition coefficient (Wildman–Crippen LogP) is 1.88. The average molecular weight is 253 g/mol. The van der Waals surface area contributed by atoms with E-state index >= 15 is 0 Å². The second-order valence-electron chi connectivity index (χ2n) is 4.82. The first-order valence-corrected chi connectivity index (χ1v) is 6.59. The lowest BCUT2D eigenvalue weighted by Crippen LogP contribution is -2.29. The van der Waals surface area contributed by atoms with Crippen LogP contribution >= 0.6 is 0 Å². The zero-order valence-electron chi connectivity index (χ0n) is 10.9. The maximum atomic E-state index is 9.31. The third kappa shape index (κ3) is 1.93. The Kier molecular flexibility index (Phi) is 3.05. The second-order valence-corrected chi connectivity index (χ2v) is 4.82. The van der Waals surface area contributed by atoms with Crippen molar-refractivity contribution in [1.82, 2.24) is 4.57 Å². The van der Waals surface area contributed by atoms with Gasteiger partial charge in [0, 0.05) is 28.4 Å². The van der Waals surface area contributed by atoms with Gasteiger partial charge in [-0.25, -0.2) is 0 Å². The number of benzene rings is 2. The predicted molar refractivity (Wildman–Crippen MR) is 79.6 cm³/mol. The van der Waals surface area contributed by atoms with Crippen LogP contribution in [-0.2, 0) is 6.54 Å². The van der Waals surface area contributed by atoms with Crippen LogP contribution in [-0.4, -0.2) is 21.7 Å². The summed E-state index contributed by atoms with van der Waals surface area (Å²) in [5, 5.41) is 20.9. The van der Waals surface area contributed by atoms with Crippen LogP contribution in [0.15, 0.2) is 42.5 Å². The summed E-state index contributed by atoms with van der Waals surface area (Å²) in [4.78, 5) is 0. The van der Waals surface area contributed by atoms with Crippen LogP contribution in [0, 0.1) is 0 Å². The van der Waals surface area contributed by atoms with Crippen LogP contribution < -0.4 is 5.46 Å². The summed E-state index contributed by atoms with van der Waals surface area (Å²) in [5.41, 5.74) is 2.88. The van der Waals surface area contributed by atoms with Gasteiger partial charge in [0.1, 0.15) is 0 Å². The van der Waals surface area contributed by atoms with Gasteiger partial charge in [0.25, 0.3) is 0 Å². The molecule has 3 rings (SSSR count). The van der Waals surface area contributed by atoms with Crippen molar-refractivity contribution in [2.75, 3.05) is 0 Å². The van der Waals surface area contributed by atoms with E-state index in [-0.39, 0.29) is 0 Å². The molecular formula is C15H16BNO2. The molecule has 1 heterocycles. The summed E-state index contributed by atoms with van der Waals surface area (Å²) in [6, 6.07) is 13.9. The van der Waals surface area contributed by atoms with Gasteiger partial charge in [-0.15, -0.1) is 0 Å². The van der Waals surface area contributed by atoms with Crippen molar-refractivity contribution in [3.63, 3.8) is 0 Å². The molecule has 0 saturated carbocycles. The SMILES string of the molecule is CCCn1c2ccccc2c2cc(B(O)O)ccc21. The van der Waals surface area contributed by atoms with Crippen LogP contribution in [0.1, 0.15) is 13.3 Å². The fourth-order valence-electron chi connectivity index (χ4n) is 2.70. The molecule has 1 aromatic heterocycles. The summed E-state index contributed by atoms with van der Waals surface area (Å²) >= 11 is 0. The lowest BCUT2D eigenvalue weighted by Gasteiger charge is -2.05. The van der Waals surface area contributed by atoms with Gasteiger partial charge in [0.15, 0.2) is 0 Å². The Morgan fingerprint density at radius 2 is 1.74 bits per heavy atom. The molecule has 3 aromatic rings. The summed E-state index contributed by atoms with van der Waals surface area (Å²) < 4.78 is 2.29. The van der Waals surface area contributed by atoms with Gasteiger partial charge in [-0.2, -0.15) is 0 Å². The van der Waals surface area contributed by atoms with E-state index in [1.165, 1.54) is 5.52 Å². The van der Waals surface area contributed by atoms with Gasteiger partial charge in [-0.3, -0.25) is 0 Å². The molecule has 0 aliphatic rings. The van der Waals surface area contributed by atoms with E-state index in [0.29, 0.717) is 5.46 Å². The molecule has 4 heteroatoms. The van der Waals surface area contributed by atoms with Gasteiger partial charge < -0.3 is 14.6 Å². The number of aromatic nitrogens is 1. The molecule has 0 saturated heterocycles. The van der Waals surface area contributed by atoms with Gasteiger partial charge in [-0.05, 0) is 24.0 Å². The number of rotatable bonds is 3. The van der Waals surface area contributed by atoms with Gasteiger partial charge in [0.2, 0.25) is 0 Å².